The van der Waals surface area contributed by atoms with Crippen LogP contribution in [0.5, 0.6) is 5.88 Å². The maximum absolute atomic E-state index is 5.68. The Balaban J connectivity index is 1.92. The number of hydrazine groups is 1. The third-order valence-electron chi connectivity index (χ3n) is 2.78. The van der Waals surface area contributed by atoms with Crippen LogP contribution in [0.25, 0.3) is 11.4 Å². The number of benzene rings is 1. The Hall–Kier alpha value is -2.18. The van der Waals surface area contributed by atoms with E-state index in [4.69, 9.17) is 15.3 Å². The lowest BCUT2D eigenvalue weighted by molar-refractivity contribution is -0.0813. The largest absolute Gasteiger partial charge is 0.469 e. The molecule has 1 saturated heterocycles. The van der Waals surface area contributed by atoms with E-state index in [0.29, 0.717) is 30.7 Å². The van der Waals surface area contributed by atoms with E-state index in [2.05, 4.69) is 15.4 Å². The Morgan fingerprint density at radius 3 is 2.63 bits per heavy atom. The lowest BCUT2D eigenvalue weighted by Crippen LogP contribution is -2.38. The predicted molar refractivity (Wildman–Crippen MR) is 70.5 cm³/mol. The molecule has 0 radical (unpaired) electrons. The maximum atomic E-state index is 5.68. The van der Waals surface area contributed by atoms with E-state index in [1.54, 1.807) is 6.07 Å². The molecule has 1 aliphatic heterocycles. The van der Waals surface area contributed by atoms with Crippen LogP contribution in [0, 0.1) is 0 Å². The molecule has 1 fully saturated rings. The molecule has 0 amide bonds. The molecular formula is C13H14N4O2. The molecule has 0 aliphatic carbocycles. The van der Waals surface area contributed by atoms with Gasteiger partial charge in [-0.05, 0) is 0 Å². The SMILES string of the molecule is NNc1cc(OC2COC2)nc(-c2ccccc2)n1. The number of nitrogens with one attached hydrogen (secondary N) is 1. The summed E-state index contributed by atoms with van der Waals surface area (Å²) in [4.78, 5) is 8.70. The highest BCUT2D eigenvalue weighted by Crippen LogP contribution is 2.22. The van der Waals surface area contributed by atoms with Gasteiger partial charge in [0.05, 0.1) is 13.2 Å². The van der Waals surface area contributed by atoms with Gasteiger partial charge >= 0.3 is 0 Å². The minimum atomic E-state index is 0.0594. The summed E-state index contributed by atoms with van der Waals surface area (Å²) in [5, 5.41) is 0. The third-order valence-corrected chi connectivity index (χ3v) is 2.78. The van der Waals surface area contributed by atoms with Crippen molar-refractivity contribution < 1.29 is 9.47 Å². The van der Waals surface area contributed by atoms with Gasteiger partial charge in [0.2, 0.25) is 5.88 Å². The lowest BCUT2D eigenvalue weighted by atomic mass is 10.2. The summed E-state index contributed by atoms with van der Waals surface area (Å²) in [6.07, 6.45) is 0.0594. The zero-order valence-corrected chi connectivity index (χ0v) is 10.2. The van der Waals surface area contributed by atoms with Crippen LogP contribution in [0.15, 0.2) is 36.4 Å². The first-order valence-electron chi connectivity index (χ1n) is 6.00. The van der Waals surface area contributed by atoms with E-state index in [-0.39, 0.29) is 6.10 Å². The number of hydrogen-bond acceptors (Lipinski definition) is 6. The van der Waals surface area contributed by atoms with Crippen LogP contribution in [0.3, 0.4) is 0 Å². The summed E-state index contributed by atoms with van der Waals surface area (Å²) in [6, 6.07) is 11.4. The molecule has 98 valence electrons. The average Bonchev–Trinajstić information content (AvgIpc) is 2.43. The highest BCUT2D eigenvalue weighted by atomic mass is 16.6. The van der Waals surface area contributed by atoms with E-state index >= 15 is 0 Å². The molecule has 1 aromatic carbocycles. The number of nitrogens with zero attached hydrogens (tertiary/aromatic N) is 2. The van der Waals surface area contributed by atoms with Gasteiger partial charge in [-0.1, -0.05) is 30.3 Å². The summed E-state index contributed by atoms with van der Waals surface area (Å²) >= 11 is 0. The molecule has 0 saturated carbocycles. The van der Waals surface area contributed by atoms with Gasteiger partial charge in [0, 0.05) is 11.6 Å². The van der Waals surface area contributed by atoms with Crippen molar-refractivity contribution >= 4 is 5.82 Å². The Morgan fingerprint density at radius 2 is 2.00 bits per heavy atom. The average molecular weight is 258 g/mol. The van der Waals surface area contributed by atoms with Crippen LogP contribution in [-0.2, 0) is 4.74 Å². The fourth-order valence-corrected chi connectivity index (χ4v) is 1.73. The topological polar surface area (TPSA) is 82.3 Å². The van der Waals surface area contributed by atoms with Crippen molar-refractivity contribution in [2.45, 2.75) is 6.10 Å². The summed E-state index contributed by atoms with van der Waals surface area (Å²) in [5.41, 5.74) is 3.44. The van der Waals surface area contributed by atoms with Gasteiger partial charge in [-0.25, -0.2) is 10.8 Å². The molecule has 6 nitrogen and oxygen atoms in total. The lowest BCUT2D eigenvalue weighted by Gasteiger charge is -2.26. The van der Waals surface area contributed by atoms with E-state index in [9.17, 15) is 0 Å². The number of ether oxygens (including phenoxy) is 2. The van der Waals surface area contributed by atoms with Gasteiger partial charge in [0.1, 0.15) is 11.9 Å². The van der Waals surface area contributed by atoms with Crippen LogP contribution < -0.4 is 16.0 Å². The smallest absolute Gasteiger partial charge is 0.219 e. The molecule has 0 unspecified atom stereocenters. The fourth-order valence-electron chi connectivity index (χ4n) is 1.73. The standard InChI is InChI=1S/C13H14N4O2/c14-17-11-6-12(19-10-7-18-8-10)16-13(15-11)9-4-2-1-3-5-9/h1-6,10H,7-8,14H2,(H,15,16,17). The monoisotopic (exact) mass is 258 g/mol. The molecule has 3 N–H and O–H groups in total. The molecule has 2 heterocycles. The number of hydrogen-bond donors (Lipinski definition) is 2. The molecule has 0 atom stereocenters. The zero-order valence-electron chi connectivity index (χ0n) is 10.2. The molecule has 0 bridgehead atoms. The van der Waals surface area contributed by atoms with Crippen LogP contribution in [-0.4, -0.2) is 29.3 Å². The molecular weight excluding hydrogens is 244 g/mol. The molecule has 1 aromatic heterocycles. The van der Waals surface area contributed by atoms with Crippen molar-refractivity contribution in [1.82, 2.24) is 9.97 Å². The Bertz CT molecular complexity index is 558. The maximum Gasteiger partial charge on any atom is 0.219 e. The summed E-state index contributed by atoms with van der Waals surface area (Å²) in [5.74, 6) is 7.01. The first kappa shape index (κ1) is 11.9. The van der Waals surface area contributed by atoms with Crippen molar-refractivity contribution in [3.8, 4) is 17.3 Å². The molecule has 3 rings (SSSR count). The summed E-state index contributed by atoms with van der Waals surface area (Å²) < 4.78 is 10.8. The van der Waals surface area contributed by atoms with Crippen LogP contribution >= 0.6 is 0 Å². The minimum absolute atomic E-state index is 0.0594. The van der Waals surface area contributed by atoms with Crippen LogP contribution in [0.4, 0.5) is 5.82 Å². The van der Waals surface area contributed by atoms with Gasteiger partial charge in [-0.3, -0.25) is 0 Å². The predicted octanol–water partition coefficient (Wildman–Crippen LogP) is 1.21. The summed E-state index contributed by atoms with van der Waals surface area (Å²) in [7, 11) is 0. The van der Waals surface area contributed by atoms with Crippen molar-refractivity contribution in [2.75, 3.05) is 18.6 Å². The molecule has 6 heteroatoms. The number of nitrogen functional groups attached to an aromatic ring is 1. The second-order valence-electron chi connectivity index (χ2n) is 4.20. The Labute approximate surface area is 110 Å². The first-order chi connectivity index (χ1) is 9.35. The quantitative estimate of drug-likeness (QED) is 0.633. The normalized spacial score (nSPS) is 14.8. The van der Waals surface area contributed by atoms with Gasteiger partial charge in [0.25, 0.3) is 0 Å². The third kappa shape index (κ3) is 2.64. The highest BCUT2D eigenvalue weighted by Gasteiger charge is 2.21. The summed E-state index contributed by atoms with van der Waals surface area (Å²) in [6.45, 7) is 1.19. The number of anilines is 1. The Morgan fingerprint density at radius 1 is 1.21 bits per heavy atom. The number of nitrogens with two attached hydrogens (primary N) is 1. The Kier molecular flexibility index (Phi) is 3.26. The van der Waals surface area contributed by atoms with Crippen LogP contribution in [0.1, 0.15) is 0 Å². The van der Waals surface area contributed by atoms with E-state index in [0.717, 1.165) is 5.56 Å². The second-order valence-corrected chi connectivity index (χ2v) is 4.20. The highest BCUT2D eigenvalue weighted by molar-refractivity contribution is 5.58. The van der Waals surface area contributed by atoms with Crippen molar-refractivity contribution in [3.05, 3.63) is 36.4 Å². The number of aromatic nitrogens is 2. The molecule has 0 spiro atoms. The first-order valence-corrected chi connectivity index (χ1v) is 6.00. The van der Waals surface area contributed by atoms with Gasteiger partial charge < -0.3 is 14.9 Å². The molecule has 19 heavy (non-hydrogen) atoms. The van der Waals surface area contributed by atoms with E-state index in [1.165, 1.54) is 0 Å². The second kappa shape index (κ2) is 5.21. The number of rotatable bonds is 4. The fraction of sp³-hybridized carbons (Fsp3) is 0.231. The molecule has 2 aromatic rings. The van der Waals surface area contributed by atoms with Crippen molar-refractivity contribution in [1.29, 1.82) is 0 Å². The van der Waals surface area contributed by atoms with Crippen LogP contribution in [0.2, 0.25) is 0 Å². The molecule has 1 aliphatic rings. The minimum Gasteiger partial charge on any atom is -0.469 e. The van der Waals surface area contributed by atoms with E-state index in [1.807, 2.05) is 30.3 Å². The van der Waals surface area contributed by atoms with Gasteiger partial charge in [0.15, 0.2) is 5.82 Å². The van der Waals surface area contributed by atoms with Crippen molar-refractivity contribution in [3.63, 3.8) is 0 Å². The zero-order chi connectivity index (χ0) is 13.1. The van der Waals surface area contributed by atoms with Gasteiger partial charge in [-0.2, -0.15) is 4.98 Å². The van der Waals surface area contributed by atoms with E-state index < -0.39 is 0 Å². The van der Waals surface area contributed by atoms with Gasteiger partial charge in [-0.15, -0.1) is 0 Å². The van der Waals surface area contributed by atoms with Crippen molar-refractivity contribution in [2.24, 2.45) is 5.84 Å².